The van der Waals surface area contributed by atoms with Gasteiger partial charge in [-0.05, 0) is 18.9 Å². The minimum absolute atomic E-state index is 0.145. The molecule has 1 saturated heterocycles. The van der Waals surface area contributed by atoms with Gasteiger partial charge in [-0.2, -0.15) is 0 Å². The smallest absolute Gasteiger partial charge is 0.270 e. The quantitative estimate of drug-likeness (QED) is 0.464. The number of carbonyl (C=O) groups excluding carboxylic acids is 2. The molecule has 19 heavy (non-hydrogen) atoms. The zero-order valence-electron chi connectivity index (χ0n) is 10.4. The third kappa shape index (κ3) is 2.96. The maximum atomic E-state index is 12.2. The van der Waals surface area contributed by atoms with Crippen LogP contribution in [0, 0.1) is 10.1 Å². The van der Waals surface area contributed by atoms with Crippen molar-refractivity contribution >= 4 is 17.5 Å². The van der Waals surface area contributed by atoms with E-state index in [9.17, 15) is 19.7 Å². The largest absolute Gasteiger partial charge is 0.279 e. The second-order valence-electron chi connectivity index (χ2n) is 4.47. The lowest BCUT2D eigenvalue weighted by Gasteiger charge is -2.18. The highest BCUT2D eigenvalue weighted by Gasteiger charge is 2.25. The normalized spacial score (nSPS) is 16.0. The van der Waals surface area contributed by atoms with Crippen LogP contribution >= 0.6 is 0 Å². The van der Waals surface area contributed by atoms with Gasteiger partial charge in [0.2, 0.25) is 5.91 Å². The van der Waals surface area contributed by atoms with Gasteiger partial charge in [0, 0.05) is 30.7 Å². The van der Waals surface area contributed by atoms with Crippen molar-refractivity contribution in [3.8, 4) is 0 Å². The maximum absolute atomic E-state index is 12.2. The lowest BCUT2D eigenvalue weighted by molar-refractivity contribution is -0.384. The molecule has 0 atom stereocenters. The number of imide groups is 1. The van der Waals surface area contributed by atoms with Gasteiger partial charge in [0.1, 0.15) is 0 Å². The highest BCUT2D eigenvalue weighted by atomic mass is 16.6. The van der Waals surface area contributed by atoms with E-state index in [-0.39, 0.29) is 17.2 Å². The predicted octanol–water partition coefficient (Wildman–Crippen LogP) is 2.14. The van der Waals surface area contributed by atoms with Crippen LogP contribution in [0.2, 0.25) is 0 Å². The van der Waals surface area contributed by atoms with E-state index < -0.39 is 10.8 Å². The summed E-state index contributed by atoms with van der Waals surface area (Å²) in [7, 11) is 0. The number of hydrogen-bond donors (Lipinski definition) is 0. The summed E-state index contributed by atoms with van der Waals surface area (Å²) in [6, 6.07) is 5.47. The lowest BCUT2D eigenvalue weighted by atomic mass is 10.1. The predicted molar refractivity (Wildman–Crippen MR) is 67.6 cm³/mol. The van der Waals surface area contributed by atoms with Gasteiger partial charge in [-0.15, -0.1) is 0 Å². The Morgan fingerprint density at radius 2 is 2.05 bits per heavy atom. The summed E-state index contributed by atoms with van der Waals surface area (Å²) >= 11 is 0. The number of hydrogen-bond acceptors (Lipinski definition) is 4. The van der Waals surface area contributed by atoms with Crippen molar-refractivity contribution in [3.05, 3.63) is 39.9 Å². The van der Waals surface area contributed by atoms with Crippen LogP contribution in [0.25, 0.3) is 0 Å². The fourth-order valence-electron chi connectivity index (χ4n) is 2.11. The van der Waals surface area contributed by atoms with Crippen LogP contribution in [0.15, 0.2) is 24.3 Å². The zero-order valence-corrected chi connectivity index (χ0v) is 10.4. The number of benzene rings is 1. The first-order valence-electron chi connectivity index (χ1n) is 6.19. The second-order valence-corrected chi connectivity index (χ2v) is 4.47. The van der Waals surface area contributed by atoms with Crippen molar-refractivity contribution in [1.29, 1.82) is 0 Å². The molecule has 0 radical (unpaired) electrons. The Labute approximate surface area is 110 Å². The standard InChI is InChI=1S/C13H14N2O4/c16-12-7-2-1-3-8-14(12)13(17)10-5-4-6-11(9-10)15(18)19/h4-6,9H,1-3,7-8H2. The van der Waals surface area contributed by atoms with Gasteiger partial charge in [0.15, 0.2) is 0 Å². The molecule has 0 aliphatic carbocycles. The molecule has 1 heterocycles. The van der Waals surface area contributed by atoms with Crippen molar-refractivity contribution < 1.29 is 14.5 Å². The Hall–Kier alpha value is -2.24. The number of nitrogens with zero attached hydrogens (tertiary/aromatic N) is 2. The second kappa shape index (κ2) is 5.60. The van der Waals surface area contributed by atoms with Crippen molar-refractivity contribution in [2.24, 2.45) is 0 Å². The first-order valence-corrected chi connectivity index (χ1v) is 6.19. The summed E-state index contributed by atoms with van der Waals surface area (Å²) in [6.45, 7) is 0.389. The SMILES string of the molecule is O=C1CCCCCN1C(=O)c1cccc([N+](=O)[O-])c1. The van der Waals surface area contributed by atoms with Crippen molar-refractivity contribution in [2.75, 3.05) is 6.54 Å². The summed E-state index contributed by atoms with van der Waals surface area (Å²) in [5.74, 6) is -0.649. The first kappa shape index (κ1) is 13.2. The highest BCUT2D eigenvalue weighted by Crippen LogP contribution is 2.18. The van der Waals surface area contributed by atoms with Crippen molar-refractivity contribution in [3.63, 3.8) is 0 Å². The van der Waals surface area contributed by atoms with Crippen LogP contribution in [0.1, 0.15) is 36.0 Å². The molecular formula is C13H14N2O4. The van der Waals surface area contributed by atoms with E-state index in [0.717, 1.165) is 19.3 Å². The van der Waals surface area contributed by atoms with Crippen LogP contribution in [0.4, 0.5) is 5.69 Å². The van der Waals surface area contributed by atoms with Gasteiger partial charge >= 0.3 is 0 Å². The summed E-state index contributed by atoms with van der Waals surface area (Å²) in [6.07, 6.45) is 2.86. The molecule has 1 aliphatic rings. The van der Waals surface area contributed by atoms with E-state index in [0.29, 0.717) is 13.0 Å². The molecule has 100 valence electrons. The number of rotatable bonds is 2. The fourth-order valence-corrected chi connectivity index (χ4v) is 2.11. The number of nitro groups is 1. The third-order valence-corrected chi connectivity index (χ3v) is 3.12. The Kier molecular flexibility index (Phi) is 3.89. The molecule has 0 saturated carbocycles. The van der Waals surface area contributed by atoms with Crippen LogP contribution in [0.5, 0.6) is 0 Å². The zero-order chi connectivity index (χ0) is 13.8. The molecule has 0 spiro atoms. The Balaban J connectivity index is 2.25. The van der Waals surface area contributed by atoms with Gasteiger partial charge in [-0.3, -0.25) is 24.6 Å². The summed E-state index contributed by atoms with van der Waals surface area (Å²) in [5, 5.41) is 10.7. The third-order valence-electron chi connectivity index (χ3n) is 3.12. The molecule has 0 bridgehead atoms. The molecule has 1 aliphatic heterocycles. The molecule has 0 N–H and O–H groups in total. The van der Waals surface area contributed by atoms with Gasteiger partial charge in [-0.1, -0.05) is 12.5 Å². The Bertz CT molecular complexity index is 527. The van der Waals surface area contributed by atoms with Gasteiger partial charge in [0.05, 0.1) is 4.92 Å². The molecule has 1 fully saturated rings. The molecular weight excluding hydrogens is 248 g/mol. The first-order chi connectivity index (χ1) is 9.09. The molecule has 1 aromatic rings. The molecule has 1 aromatic carbocycles. The topological polar surface area (TPSA) is 80.5 Å². The van der Waals surface area contributed by atoms with E-state index in [1.54, 1.807) is 0 Å². The van der Waals surface area contributed by atoms with Gasteiger partial charge in [0.25, 0.3) is 11.6 Å². The summed E-state index contributed by atoms with van der Waals surface area (Å²) in [4.78, 5) is 35.4. The molecule has 0 unspecified atom stereocenters. The average Bonchev–Trinajstić information content (AvgIpc) is 2.63. The summed E-state index contributed by atoms with van der Waals surface area (Å²) in [5.41, 5.74) is 0.0394. The van der Waals surface area contributed by atoms with Crippen LogP contribution in [-0.4, -0.2) is 28.2 Å². The monoisotopic (exact) mass is 262 g/mol. The minimum Gasteiger partial charge on any atom is -0.279 e. The molecule has 2 rings (SSSR count). The van der Waals surface area contributed by atoms with E-state index in [2.05, 4.69) is 0 Å². The van der Waals surface area contributed by atoms with Crippen LogP contribution in [0.3, 0.4) is 0 Å². The highest BCUT2D eigenvalue weighted by molar-refractivity contribution is 6.05. The number of carbonyl (C=O) groups is 2. The van der Waals surface area contributed by atoms with Crippen LogP contribution < -0.4 is 0 Å². The van der Waals surface area contributed by atoms with E-state index >= 15 is 0 Å². The number of likely N-dealkylation sites (tertiary alicyclic amines) is 1. The number of non-ortho nitro benzene ring substituents is 1. The van der Waals surface area contributed by atoms with Crippen molar-refractivity contribution in [2.45, 2.75) is 25.7 Å². The Morgan fingerprint density at radius 3 is 2.79 bits per heavy atom. The maximum Gasteiger partial charge on any atom is 0.270 e. The number of nitro benzene ring substituents is 1. The van der Waals surface area contributed by atoms with E-state index in [4.69, 9.17) is 0 Å². The molecule has 6 heteroatoms. The molecule has 6 nitrogen and oxygen atoms in total. The average molecular weight is 262 g/mol. The molecule has 0 aromatic heterocycles. The number of amides is 2. The van der Waals surface area contributed by atoms with E-state index in [1.165, 1.54) is 29.2 Å². The minimum atomic E-state index is -0.555. The van der Waals surface area contributed by atoms with Crippen molar-refractivity contribution in [1.82, 2.24) is 4.90 Å². The van der Waals surface area contributed by atoms with E-state index in [1.807, 2.05) is 0 Å². The van der Waals surface area contributed by atoms with Gasteiger partial charge < -0.3 is 0 Å². The van der Waals surface area contributed by atoms with Crippen LogP contribution in [-0.2, 0) is 4.79 Å². The van der Waals surface area contributed by atoms with Gasteiger partial charge in [-0.25, -0.2) is 0 Å². The Morgan fingerprint density at radius 1 is 1.26 bits per heavy atom. The lowest BCUT2D eigenvalue weighted by Crippen LogP contribution is -2.36. The summed E-state index contributed by atoms with van der Waals surface area (Å²) < 4.78 is 0. The fraction of sp³-hybridized carbons (Fsp3) is 0.385. The molecule has 2 amide bonds.